The summed E-state index contributed by atoms with van der Waals surface area (Å²) in [6, 6.07) is 0.312. The summed E-state index contributed by atoms with van der Waals surface area (Å²) in [6.45, 7) is 10.8. The van der Waals surface area contributed by atoms with E-state index >= 15 is 0 Å². The van der Waals surface area contributed by atoms with Gasteiger partial charge in [0.05, 0.1) is 12.1 Å². The first kappa shape index (κ1) is 16.2. The molecule has 0 aromatic heterocycles. The van der Waals surface area contributed by atoms with E-state index in [-0.39, 0.29) is 12.6 Å². The third-order valence-corrected chi connectivity index (χ3v) is 4.03. The van der Waals surface area contributed by atoms with Gasteiger partial charge in [-0.05, 0) is 46.1 Å². The van der Waals surface area contributed by atoms with Crippen molar-refractivity contribution >= 4 is 6.03 Å². The monoisotopic (exact) mass is 271 g/mol. The first-order valence-electron chi connectivity index (χ1n) is 7.34. The molecule has 0 spiro atoms. The number of carbonyl (C=O) groups excluding carboxylic acids is 1. The van der Waals surface area contributed by atoms with E-state index < -0.39 is 5.54 Å². The molecular weight excluding hydrogens is 242 g/mol. The Hall–Kier alpha value is -0.810. The molecule has 2 amide bonds. The van der Waals surface area contributed by atoms with Crippen molar-refractivity contribution in [2.45, 2.75) is 52.1 Å². The van der Waals surface area contributed by atoms with Gasteiger partial charge in [-0.1, -0.05) is 6.92 Å². The Kier molecular flexibility index (Phi) is 6.07. The highest BCUT2D eigenvalue weighted by molar-refractivity contribution is 5.74. The van der Waals surface area contributed by atoms with Crippen LogP contribution in [0.25, 0.3) is 0 Å². The predicted molar refractivity (Wildman–Crippen MR) is 77.1 cm³/mol. The number of nitrogens with zero attached hydrogens (tertiary/aromatic N) is 1. The van der Waals surface area contributed by atoms with Gasteiger partial charge < -0.3 is 15.7 Å². The molecule has 5 heteroatoms. The molecule has 0 aromatic carbocycles. The van der Waals surface area contributed by atoms with Crippen LogP contribution in [0, 0.1) is 5.92 Å². The highest BCUT2D eigenvalue weighted by Crippen LogP contribution is 2.39. The van der Waals surface area contributed by atoms with Crippen LogP contribution in [0.1, 0.15) is 40.5 Å². The van der Waals surface area contributed by atoms with Crippen molar-refractivity contribution in [1.29, 1.82) is 0 Å². The van der Waals surface area contributed by atoms with E-state index in [0.717, 1.165) is 25.9 Å². The molecule has 0 radical (unpaired) electrons. The van der Waals surface area contributed by atoms with Crippen LogP contribution >= 0.6 is 0 Å². The Morgan fingerprint density at radius 2 is 2.11 bits per heavy atom. The van der Waals surface area contributed by atoms with E-state index in [1.807, 2.05) is 6.92 Å². The summed E-state index contributed by atoms with van der Waals surface area (Å²) in [4.78, 5) is 14.1. The molecule has 1 aliphatic carbocycles. The molecule has 0 aliphatic heterocycles. The summed E-state index contributed by atoms with van der Waals surface area (Å²) in [6.07, 6.45) is 2.18. The van der Waals surface area contributed by atoms with Crippen LogP contribution in [0.15, 0.2) is 0 Å². The highest BCUT2D eigenvalue weighted by atomic mass is 16.3. The maximum Gasteiger partial charge on any atom is 0.315 e. The Balaban J connectivity index is 2.27. The van der Waals surface area contributed by atoms with Gasteiger partial charge >= 0.3 is 6.03 Å². The minimum absolute atomic E-state index is 0.00182. The summed E-state index contributed by atoms with van der Waals surface area (Å²) in [5.41, 5.74) is -0.466. The third-order valence-electron chi connectivity index (χ3n) is 4.03. The van der Waals surface area contributed by atoms with Crippen LogP contribution in [-0.4, -0.2) is 53.9 Å². The zero-order valence-corrected chi connectivity index (χ0v) is 12.7. The normalized spacial score (nSPS) is 18.5. The van der Waals surface area contributed by atoms with Crippen LogP contribution in [0.2, 0.25) is 0 Å². The highest BCUT2D eigenvalue weighted by Gasteiger charge is 2.42. The van der Waals surface area contributed by atoms with Crippen molar-refractivity contribution in [3.63, 3.8) is 0 Å². The minimum atomic E-state index is -0.466. The topological polar surface area (TPSA) is 64.6 Å². The van der Waals surface area contributed by atoms with Gasteiger partial charge in [0.15, 0.2) is 0 Å². The zero-order valence-electron chi connectivity index (χ0n) is 12.7. The maximum absolute atomic E-state index is 11.8. The lowest BCUT2D eigenvalue weighted by atomic mass is 9.97. The number of aliphatic hydroxyl groups is 1. The third kappa shape index (κ3) is 4.99. The first-order valence-corrected chi connectivity index (χ1v) is 7.34. The molecule has 1 fully saturated rings. The Bertz CT molecular complexity index is 292. The van der Waals surface area contributed by atoms with Crippen LogP contribution in [0.5, 0.6) is 0 Å². The van der Waals surface area contributed by atoms with Crippen molar-refractivity contribution in [3.05, 3.63) is 0 Å². The fraction of sp³-hybridized carbons (Fsp3) is 0.929. The fourth-order valence-corrected chi connectivity index (χ4v) is 2.39. The van der Waals surface area contributed by atoms with Crippen molar-refractivity contribution in [1.82, 2.24) is 15.5 Å². The summed E-state index contributed by atoms with van der Waals surface area (Å²) in [7, 11) is 0. The van der Waals surface area contributed by atoms with E-state index in [9.17, 15) is 9.90 Å². The van der Waals surface area contributed by atoms with Crippen LogP contribution in [-0.2, 0) is 0 Å². The molecule has 1 rings (SSSR count). The number of urea groups is 1. The smallest absolute Gasteiger partial charge is 0.315 e. The molecule has 19 heavy (non-hydrogen) atoms. The molecule has 5 nitrogen and oxygen atoms in total. The lowest BCUT2D eigenvalue weighted by molar-refractivity contribution is 0.154. The average Bonchev–Trinajstić information content (AvgIpc) is 3.18. The fourth-order valence-electron chi connectivity index (χ4n) is 2.39. The molecule has 1 saturated carbocycles. The molecule has 0 heterocycles. The number of rotatable bonds is 8. The molecule has 1 aliphatic rings. The zero-order chi connectivity index (χ0) is 14.5. The van der Waals surface area contributed by atoms with Crippen LogP contribution in [0.4, 0.5) is 4.79 Å². The number of hydrogen-bond donors (Lipinski definition) is 3. The number of nitrogens with one attached hydrogen (secondary N) is 2. The van der Waals surface area contributed by atoms with E-state index in [1.54, 1.807) is 0 Å². The number of amides is 2. The lowest BCUT2D eigenvalue weighted by Crippen LogP contribution is -2.54. The second kappa shape index (κ2) is 7.10. The number of carbonyl (C=O) groups is 1. The van der Waals surface area contributed by atoms with Crippen LogP contribution < -0.4 is 10.6 Å². The summed E-state index contributed by atoms with van der Waals surface area (Å²) in [5.74, 6) is 0.422. The minimum Gasteiger partial charge on any atom is -0.394 e. The largest absolute Gasteiger partial charge is 0.394 e. The van der Waals surface area contributed by atoms with E-state index in [0.29, 0.717) is 18.5 Å². The number of hydrogen-bond acceptors (Lipinski definition) is 3. The molecular formula is C14H29N3O2. The van der Waals surface area contributed by atoms with E-state index in [2.05, 4.69) is 36.3 Å². The van der Waals surface area contributed by atoms with Gasteiger partial charge in [-0.3, -0.25) is 4.90 Å². The van der Waals surface area contributed by atoms with Crippen LogP contribution in [0.3, 0.4) is 0 Å². The van der Waals surface area contributed by atoms with Crippen molar-refractivity contribution < 1.29 is 9.90 Å². The van der Waals surface area contributed by atoms with Gasteiger partial charge in [0.25, 0.3) is 0 Å². The van der Waals surface area contributed by atoms with E-state index in [4.69, 9.17) is 0 Å². The van der Waals surface area contributed by atoms with Crippen molar-refractivity contribution in [3.8, 4) is 0 Å². The Morgan fingerprint density at radius 3 is 2.53 bits per heavy atom. The van der Waals surface area contributed by atoms with Gasteiger partial charge in [0.1, 0.15) is 0 Å². The summed E-state index contributed by atoms with van der Waals surface area (Å²) in [5, 5.41) is 15.2. The quantitative estimate of drug-likeness (QED) is 0.621. The Labute approximate surface area is 116 Å². The first-order chi connectivity index (χ1) is 8.92. The van der Waals surface area contributed by atoms with Gasteiger partial charge in [-0.15, -0.1) is 0 Å². The lowest BCUT2D eigenvalue weighted by Gasteiger charge is -2.29. The molecule has 3 N–H and O–H groups in total. The second-order valence-electron chi connectivity index (χ2n) is 5.95. The standard InChI is InChI=1S/C14H29N3O2/c1-5-17(11(2)3)9-8-15-13(19)16-14(4,10-18)12-6-7-12/h11-12,18H,5-10H2,1-4H3,(H2,15,16,19). The number of likely N-dealkylation sites (N-methyl/N-ethyl adjacent to an activating group) is 1. The van der Waals surface area contributed by atoms with E-state index in [1.165, 1.54) is 0 Å². The molecule has 0 aromatic rings. The van der Waals surface area contributed by atoms with Crippen molar-refractivity contribution in [2.24, 2.45) is 5.92 Å². The molecule has 112 valence electrons. The predicted octanol–water partition coefficient (Wildman–Crippen LogP) is 1.18. The van der Waals surface area contributed by atoms with Crippen molar-refractivity contribution in [2.75, 3.05) is 26.2 Å². The average molecular weight is 271 g/mol. The molecule has 0 bridgehead atoms. The van der Waals surface area contributed by atoms with Gasteiger partial charge in [0.2, 0.25) is 0 Å². The summed E-state index contributed by atoms with van der Waals surface area (Å²) < 4.78 is 0. The molecule has 1 atom stereocenters. The number of aliphatic hydroxyl groups excluding tert-OH is 1. The van der Waals surface area contributed by atoms with Gasteiger partial charge in [-0.25, -0.2) is 4.79 Å². The Morgan fingerprint density at radius 1 is 1.47 bits per heavy atom. The SMILES string of the molecule is CCN(CCNC(=O)NC(C)(CO)C1CC1)C(C)C. The second-order valence-corrected chi connectivity index (χ2v) is 5.95. The molecule has 1 unspecified atom stereocenters. The molecule has 0 saturated heterocycles. The van der Waals surface area contributed by atoms with Gasteiger partial charge in [-0.2, -0.15) is 0 Å². The summed E-state index contributed by atoms with van der Waals surface area (Å²) >= 11 is 0. The van der Waals surface area contributed by atoms with Gasteiger partial charge in [0, 0.05) is 19.1 Å². The maximum atomic E-state index is 11.8.